The topological polar surface area (TPSA) is 167 Å². The second-order valence-corrected chi connectivity index (χ2v) is 6.55. The Balaban J connectivity index is 1.55. The van der Waals surface area contributed by atoms with E-state index in [0.717, 1.165) is 22.2 Å². The van der Waals surface area contributed by atoms with Crippen molar-refractivity contribution < 1.29 is 14.1 Å². The van der Waals surface area contributed by atoms with Crippen LogP contribution in [0.15, 0.2) is 51.1 Å². The molecule has 0 saturated carbocycles. The molecule has 0 aliphatic carbocycles. The standard InChI is InChI=1S/C16H16N8O4S/c1-10-6-7-11(28-10)8-18-20-15-21-22-16(23(15)17)29-9-14(25)19-12-4-2-3-5-13(12)24(26)27/h2-8H,9,17H2,1H3,(H,19,25)(H,20,21)/b18-8+. The number of nitro benzene ring substituents is 1. The predicted octanol–water partition coefficient (Wildman–Crippen LogP) is 1.98. The van der Waals surface area contributed by atoms with E-state index in [0.29, 0.717) is 5.76 Å². The number of carbonyl (C=O) groups excluding carboxylic acids is 1. The van der Waals surface area contributed by atoms with Gasteiger partial charge in [0.1, 0.15) is 17.2 Å². The van der Waals surface area contributed by atoms with Crippen molar-refractivity contribution in [3.63, 3.8) is 0 Å². The summed E-state index contributed by atoms with van der Waals surface area (Å²) in [4.78, 5) is 22.5. The van der Waals surface area contributed by atoms with Crippen LogP contribution < -0.4 is 16.6 Å². The number of nitrogen functional groups attached to an aromatic ring is 1. The smallest absolute Gasteiger partial charge is 0.292 e. The Labute approximate surface area is 168 Å². The number of thioether (sulfide) groups is 1. The number of hydrogen-bond donors (Lipinski definition) is 3. The van der Waals surface area contributed by atoms with Crippen molar-refractivity contribution in [2.45, 2.75) is 12.1 Å². The Hall–Kier alpha value is -3.87. The van der Waals surface area contributed by atoms with Crippen LogP contribution in [0.2, 0.25) is 0 Å². The molecular weight excluding hydrogens is 400 g/mol. The number of carbonyl (C=O) groups is 1. The lowest BCUT2D eigenvalue weighted by molar-refractivity contribution is -0.383. The molecule has 3 aromatic rings. The highest BCUT2D eigenvalue weighted by atomic mass is 32.2. The van der Waals surface area contributed by atoms with Gasteiger partial charge in [0, 0.05) is 6.07 Å². The number of rotatable bonds is 8. The summed E-state index contributed by atoms with van der Waals surface area (Å²) in [6.07, 6.45) is 1.45. The van der Waals surface area contributed by atoms with Crippen LogP contribution in [0, 0.1) is 17.0 Å². The van der Waals surface area contributed by atoms with Gasteiger partial charge in [-0.1, -0.05) is 23.9 Å². The number of para-hydroxylation sites is 2. The van der Waals surface area contributed by atoms with Crippen LogP contribution in [-0.4, -0.2) is 37.7 Å². The number of benzene rings is 1. The summed E-state index contributed by atoms with van der Waals surface area (Å²) in [7, 11) is 0. The zero-order valence-electron chi connectivity index (χ0n) is 15.1. The molecule has 1 aromatic carbocycles. The quantitative estimate of drug-likeness (QED) is 0.163. The third-order valence-electron chi connectivity index (χ3n) is 3.49. The Bertz CT molecular complexity index is 1060. The van der Waals surface area contributed by atoms with Crippen LogP contribution in [0.1, 0.15) is 11.5 Å². The molecule has 0 aliphatic heterocycles. The molecule has 0 saturated heterocycles. The lowest BCUT2D eigenvalue weighted by Gasteiger charge is -2.05. The molecular formula is C16H16N8O4S. The number of hydrogen-bond acceptors (Lipinski definition) is 10. The summed E-state index contributed by atoms with van der Waals surface area (Å²) in [5.41, 5.74) is 2.55. The Morgan fingerprint density at radius 3 is 2.90 bits per heavy atom. The van der Waals surface area contributed by atoms with Gasteiger partial charge in [0.05, 0.1) is 16.9 Å². The molecule has 0 aliphatic rings. The minimum absolute atomic E-state index is 0.0731. The highest BCUT2D eigenvalue weighted by Gasteiger charge is 2.16. The van der Waals surface area contributed by atoms with Gasteiger partial charge in [-0.25, -0.2) is 10.1 Å². The van der Waals surface area contributed by atoms with Crippen LogP contribution in [0.3, 0.4) is 0 Å². The SMILES string of the molecule is Cc1ccc(/C=N/Nc2nnc(SCC(=O)Nc3ccccc3[N+](=O)[O-])n2N)o1. The van der Waals surface area contributed by atoms with Gasteiger partial charge in [-0.05, 0) is 25.1 Å². The summed E-state index contributed by atoms with van der Waals surface area (Å²) in [6.45, 7) is 1.82. The fraction of sp³-hybridized carbons (Fsp3) is 0.125. The number of nitrogens with two attached hydrogens (primary N) is 1. The zero-order chi connectivity index (χ0) is 20.8. The molecule has 4 N–H and O–H groups in total. The van der Waals surface area contributed by atoms with Gasteiger partial charge in [0.15, 0.2) is 0 Å². The number of amides is 1. The van der Waals surface area contributed by atoms with Crippen molar-refractivity contribution >= 4 is 41.2 Å². The number of aromatic nitrogens is 3. The molecule has 0 unspecified atom stereocenters. The van der Waals surface area contributed by atoms with Gasteiger partial charge in [0.25, 0.3) is 11.6 Å². The molecule has 150 valence electrons. The lowest BCUT2D eigenvalue weighted by atomic mass is 10.2. The maximum absolute atomic E-state index is 12.1. The van der Waals surface area contributed by atoms with E-state index < -0.39 is 10.8 Å². The molecule has 13 heteroatoms. The molecule has 2 heterocycles. The predicted molar refractivity (Wildman–Crippen MR) is 107 cm³/mol. The number of anilines is 2. The molecule has 12 nitrogen and oxygen atoms in total. The number of nitrogens with one attached hydrogen (secondary N) is 2. The molecule has 0 radical (unpaired) electrons. The van der Waals surface area contributed by atoms with Gasteiger partial charge >= 0.3 is 0 Å². The highest BCUT2D eigenvalue weighted by molar-refractivity contribution is 7.99. The Morgan fingerprint density at radius 1 is 1.38 bits per heavy atom. The summed E-state index contributed by atoms with van der Waals surface area (Å²) in [5, 5.41) is 25.4. The first-order valence-electron chi connectivity index (χ1n) is 8.16. The van der Waals surface area contributed by atoms with Gasteiger partial charge < -0.3 is 15.6 Å². The van der Waals surface area contributed by atoms with Gasteiger partial charge in [-0.15, -0.1) is 10.2 Å². The minimum Gasteiger partial charge on any atom is -0.460 e. The van der Waals surface area contributed by atoms with E-state index in [4.69, 9.17) is 10.3 Å². The molecule has 3 rings (SSSR count). The van der Waals surface area contributed by atoms with Crippen molar-refractivity contribution in [2.75, 3.05) is 22.3 Å². The molecule has 0 spiro atoms. The fourth-order valence-electron chi connectivity index (χ4n) is 2.18. The molecule has 0 bridgehead atoms. The third kappa shape index (κ3) is 5.10. The number of hydrazone groups is 1. The van der Waals surface area contributed by atoms with Crippen LogP contribution >= 0.6 is 11.8 Å². The van der Waals surface area contributed by atoms with E-state index in [9.17, 15) is 14.9 Å². The van der Waals surface area contributed by atoms with Crippen LogP contribution in [0.5, 0.6) is 0 Å². The number of nitrogens with zero attached hydrogens (tertiary/aromatic N) is 5. The fourth-order valence-corrected chi connectivity index (χ4v) is 2.84. The second-order valence-electron chi connectivity index (χ2n) is 5.61. The van der Waals surface area contributed by atoms with Gasteiger partial charge in [0.2, 0.25) is 11.1 Å². The normalized spacial score (nSPS) is 10.9. The Morgan fingerprint density at radius 2 is 2.17 bits per heavy atom. The summed E-state index contributed by atoms with van der Waals surface area (Å²) >= 11 is 1.01. The first-order chi connectivity index (χ1) is 13.9. The average Bonchev–Trinajstić information content (AvgIpc) is 3.26. The summed E-state index contributed by atoms with van der Waals surface area (Å²) < 4.78 is 6.47. The first-order valence-corrected chi connectivity index (χ1v) is 9.14. The van der Waals surface area contributed by atoms with Crippen LogP contribution in [0.4, 0.5) is 17.3 Å². The van der Waals surface area contributed by atoms with E-state index in [1.807, 2.05) is 6.92 Å². The van der Waals surface area contributed by atoms with Crippen molar-refractivity contribution in [1.82, 2.24) is 14.9 Å². The maximum Gasteiger partial charge on any atom is 0.292 e. The summed E-state index contributed by atoms with van der Waals surface area (Å²) in [6, 6.07) is 9.42. The number of aryl methyl sites for hydroxylation is 1. The first kappa shape index (κ1) is 19.9. The van der Waals surface area contributed by atoms with Crippen molar-refractivity contribution in [3.05, 3.63) is 58.0 Å². The molecule has 0 atom stereocenters. The van der Waals surface area contributed by atoms with E-state index in [-0.39, 0.29) is 28.2 Å². The van der Waals surface area contributed by atoms with Crippen molar-refractivity contribution in [1.29, 1.82) is 0 Å². The highest BCUT2D eigenvalue weighted by Crippen LogP contribution is 2.24. The van der Waals surface area contributed by atoms with E-state index >= 15 is 0 Å². The molecule has 1 amide bonds. The number of furan rings is 1. The van der Waals surface area contributed by atoms with Crippen molar-refractivity contribution in [3.8, 4) is 0 Å². The van der Waals surface area contributed by atoms with Gasteiger partial charge in [-0.2, -0.15) is 5.10 Å². The largest absolute Gasteiger partial charge is 0.460 e. The van der Waals surface area contributed by atoms with Crippen molar-refractivity contribution in [2.24, 2.45) is 5.10 Å². The lowest BCUT2D eigenvalue weighted by Crippen LogP contribution is -2.17. The third-order valence-corrected chi connectivity index (χ3v) is 4.43. The monoisotopic (exact) mass is 416 g/mol. The van der Waals surface area contributed by atoms with E-state index in [1.54, 1.807) is 18.2 Å². The van der Waals surface area contributed by atoms with Crippen LogP contribution in [-0.2, 0) is 4.79 Å². The molecule has 2 aromatic heterocycles. The Kier molecular flexibility index (Phi) is 6.09. The van der Waals surface area contributed by atoms with E-state index in [2.05, 4.69) is 26.0 Å². The maximum atomic E-state index is 12.1. The molecule has 0 fully saturated rings. The van der Waals surface area contributed by atoms with Gasteiger partial charge in [-0.3, -0.25) is 14.9 Å². The second kappa shape index (κ2) is 8.88. The molecule has 29 heavy (non-hydrogen) atoms. The summed E-state index contributed by atoms with van der Waals surface area (Å²) in [5.74, 6) is 6.82. The number of nitro groups is 1. The average molecular weight is 416 g/mol. The minimum atomic E-state index is -0.568. The van der Waals surface area contributed by atoms with Crippen LogP contribution in [0.25, 0.3) is 0 Å². The zero-order valence-corrected chi connectivity index (χ0v) is 15.9. The van der Waals surface area contributed by atoms with E-state index in [1.165, 1.54) is 24.4 Å².